The van der Waals surface area contributed by atoms with Crippen LogP contribution in [0.25, 0.3) is 0 Å². The van der Waals surface area contributed by atoms with Gasteiger partial charge in [-0.05, 0) is 19.1 Å². The van der Waals surface area contributed by atoms with Crippen LogP contribution in [0.3, 0.4) is 0 Å². The molecule has 0 amide bonds. The van der Waals surface area contributed by atoms with Crippen LogP contribution in [0.1, 0.15) is 11.3 Å². The third-order valence-electron chi connectivity index (χ3n) is 2.44. The standard InChI is InChI=1S/C12H14N2.2BrH/c1-11-7-6-10-14(12(11)2)13-8-4-3-5-9-13;;/h3-10H,1-2H3;2*1H/q+2;;/p-2. The smallest absolute Gasteiger partial charge is 0.253 e. The lowest BCUT2D eigenvalue weighted by Crippen LogP contribution is -3.00. The zero-order chi connectivity index (χ0) is 9.97. The molecular weight excluding hydrogens is 332 g/mol. The van der Waals surface area contributed by atoms with Crippen LogP contribution in [-0.4, -0.2) is 0 Å². The summed E-state index contributed by atoms with van der Waals surface area (Å²) in [5.74, 6) is 0. The number of pyridine rings is 2. The summed E-state index contributed by atoms with van der Waals surface area (Å²) in [5.41, 5.74) is 2.55. The quantitative estimate of drug-likeness (QED) is 0.458. The molecule has 0 radical (unpaired) electrons. The van der Waals surface area contributed by atoms with E-state index < -0.39 is 0 Å². The molecule has 0 aliphatic heterocycles. The Morgan fingerprint density at radius 2 is 1.44 bits per heavy atom. The topological polar surface area (TPSA) is 7.76 Å². The zero-order valence-corrected chi connectivity index (χ0v) is 12.4. The second-order valence-electron chi connectivity index (χ2n) is 3.38. The van der Waals surface area contributed by atoms with Crippen LogP contribution < -0.4 is 43.3 Å². The summed E-state index contributed by atoms with van der Waals surface area (Å²) < 4.78 is 4.18. The van der Waals surface area contributed by atoms with Gasteiger partial charge in [-0.3, -0.25) is 0 Å². The van der Waals surface area contributed by atoms with Gasteiger partial charge >= 0.3 is 0 Å². The Bertz CT molecular complexity index is 444. The predicted octanol–water partition coefficient (Wildman–Crippen LogP) is -4.80. The molecule has 2 aromatic rings. The van der Waals surface area contributed by atoms with Crippen LogP contribution in [0, 0.1) is 13.8 Å². The maximum absolute atomic E-state index is 2.12. The van der Waals surface area contributed by atoms with E-state index in [1.807, 2.05) is 30.6 Å². The predicted molar refractivity (Wildman–Crippen MR) is 53.5 cm³/mol. The molecule has 0 fully saturated rings. The van der Waals surface area contributed by atoms with Gasteiger partial charge in [0.05, 0.1) is 9.35 Å². The zero-order valence-electron chi connectivity index (χ0n) is 9.27. The summed E-state index contributed by atoms with van der Waals surface area (Å²) in [6.07, 6.45) is 6.13. The largest absolute Gasteiger partial charge is 1.00 e. The van der Waals surface area contributed by atoms with E-state index in [1.54, 1.807) is 0 Å². The molecule has 2 aromatic heterocycles. The van der Waals surface area contributed by atoms with Crippen molar-refractivity contribution < 1.29 is 43.3 Å². The number of hydrogen-bond acceptors (Lipinski definition) is 0. The highest BCUT2D eigenvalue weighted by molar-refractivity contribution is 5.10. The van der Waals surface area contributed by atoms with Gasteiger partial charge < -0.3 is 34.0 Å². The van der Waals surface area contributed by atoms with Gasteiger partial charge in [0, 0.05) is 30.7 Å². The molecular formula is C12H14Br2N2. The fourth-order valence-electron chi connectivity index (χ4n) is 1.47. The van der Waals surface area contributed by atoms with Crippen molar-refractivity contribution in [1.82, 2.24) is 0 Å². The second kappa shape index (κ2) is 6.76. The lowest BCUT2D eigenvalue weighted by atomic mass is 10.2. The van der Waals surface area contributed by atoms with Crippen molar-refractivity contribution >= 4 is 0 Å². The Hall–Kier alpha value is -0.740. The molecule has 2 nitrogen and oxygen atoms in total. The summed E-state index contributed by atoms with van der Waals surface area (Å²) in [6.45, 7) is 4.24. The molecule has 0 bridgehead atoms. The molecule has 0 unspecified atom stereocenters. The summed E-state index contributed by atoms with van der Waals surface area (Å²) in [7, 11) is 0. The number of hydrogen-bond donors (Lipinski definition) is 0. The van der Waals surface area contributed by atoms with E-state index in [-0.39, 0.29) is 34.0 Å². The van der Waals surface area contributed by atoms with Gasteiger partial charge in [-0.2, -0.15) is 0 Å². The van der Waals surface area contributed by atoms with Crippen molar-refractivity contribution in [1.29, 1.82) is 0 Å². The highest BCUT2D eigenvalue weighted by Crippen LogP contribution is 1.96. The molecule has 2 heterocycles. The average molecular weight is 346 g/mol. The monoisotopic (exact) mass is 344 g/mol. The Kier molecular flexibility index (Phi) is 6.45. The second-order valence-corrected chi connectivity index (χ2v) is 3.38. The number of nitrogens with zero attached hydrogens (tertiary/aromatic N) is 2. The molecule has 0 aliphatic carbocycles. The number of halogens is 2. The SMILES string of the molecule is Cc1ccc[n+](-[n+]2ccccc2)c1C.[Br-].[Br-]. The lowest BCUT2D eigenvalue weighted by Gasteiger charge is -1.94. The third kappa shape index (κ3) is 3.12. The fourth-order valence-corrected chi connectivity index (χ4v) is 1.47. The van der Waals surface area contributed by atoms with E-state index in [0.717, 1.165) is 0 Å². The van der Waals surface area contributed by atoms with Crippen LogP contribution in [0.4, 0.5) is 0 Å². The molecule has 0 aromatic carbocycles. The van der Waals surface area contributed by atoms with Crippen molar-refractivity contribution in [2.45, 2.75) is 13.8 Å². The first-order valence-corrected chi connectivity index (χ1v) is 4.74. The van der Waals surface area contributed by atoms with Gasteiger partial charge in [0.1, 0.15) is 0 Å². The van der Waals surface area contributed by atoms with Gasteiger partial charge in [0.2, 0.25) is 18.6 Å². The molecule has 0 saturated heterocycles. The fraction of sp³-hybridized carbons (Fsp3) is 0.167. The van der Waals surface area contributed by atoms with Crippen molar-refractivity contribution in [3.8, 4) is 0 Å². The average Bonchev–Trinajstić information content (AvgIpc) is 2.23. The molecule has 0 atom stereocenters. The third-order valence-corrected chi connectivity index (χ3v) is 2.44. The molecule has 86 valence electrons. The molecule has 2 rings (SSSR count). The van der Waals surface area contributed by atoms with E-state index in [9.17, 15) is 0 Å². The van der Waals surface area contributed by atoms with E-state index in [1.165, 1.54) is 11.3 Å². The molecule has 0 saturated carbocycles. The van der Waals surface area contributed by atoms with Crippen molar-refractivity contribution in [2.24, 2.45) is 0 Å². The first-order chi connectivity index (χ1) is 6.79. The molecule has 0 N–H and O–H groups in total. The highest BCUT2D eigenvalue weighted by Gasteiger charge is 2.16. The van der Waals surface area contributed by atoms with Crippen LogP contribution in [-0.2, 0) is 0 Å². The Labute approximate surface area is 117 Å². The first kappa shape index (κ1) is 15.3. The van der Waals surface area contributed by atoms with Crippen molar-refractivity contribution in [3.63, 3.8) is 0 Å². The number of rotatable bonds is 1. The summed E-state index contributed by atoms with van der Waals surface area (Å²) in [5, 5.41) is 0. The minimum atomic E-state index is 0. The maximum atomic E-state index is 2.12. The van der Waals surface area contributed by atoms with Crippen molar-refractivity contribution in [3.05, 3.63) is 60.2 Å². The summed E-state index contributed by atoms with van der Waals surface area (Å²) in [6, 6.07) is 10.2. The number of aryl methyl sites for hydroxylation is 1. The molecule has 4 heteroatoms. The van der Waals surface area contributed by atoms with Gasteiger partial charge in [-0.15, -0.1) is 0 Å². The summed E-state index contributed by atoms with van der Waals surface area (Å²) >= 11 is 0. The van der Waals surface area contributed by atoms with Gasteiger partial charge in [-0.25, -0.2) is 0 Å². The number of aromatic nitrogens is 2. The Balaban J connectivity index is 0.00000112. The van der Waals surface area contributed by atoms with E-state index in [4.69, 9.17) is 0 Å². The van der Waals surface area contributed by atoms with E-state index in [0.29, 0.717) is 0 Å². The Morgan fingerprint density at radius 3 is 2.06 bits per heavy atom. The molecule has 0 spiro atoms. The minimum absolute atomic E-state index is 0. The summed E-state index contributed by atoms with van der Waals surface area (Å²) in [4.78, 5) is 0. The molecule has 16 heavy (non-hydrogen) atoms. The van der Waals surface area contributed by atoms with Crippen molar-refractivity contribution in [2.75, 3.05) is 0 Å². The maximum Gasteiger partial charge on any atom is 0.253 e. The minimum Gasteiger partial charge on any atom is -1.00 e. The lowest BCUT2D eigenvalue weighted by molar-refractivity contribution is -1.30. The van der Waals surface area contributed by atoms with E-state index in [2.05, 4.69) is 41.5 Å². The normalized spacial score (nSPS) is 8.88. The molecule has 0 aliphatic rings. The van der Waals surface area contributed by atoms with Crippen LogP contribution in [0.2, 0.25) is 0 Å². The van der Waals surface area contributed by atoms with Crippen LogP contribution in [0.15, 0.2) is 48.9 Å². The van der Waals surface area contributed by atoms with Crippen LogP contribution >= 0.6 is 0 Å². The van der Waals surface area contributed by atoms with E-state index >= 15 is 0 Å². The van der Waals surface area contributed by atoms with Gasteiger partial charge in [0.25, 0.3) is 5.69 Å². The van der Waals surface area contributed by atoms with Crippen LogP contribution in [0.5, 0.6) is 0 Å². The van der Waals surface area contributed by atoms with Gasteiger partial charge in [-0.1, -0.05) is 0 Å². The van der Waals surface area contributed by atoms with Gasteiger partial charge in [0.15, 0.2) is 0 Å². The first-order valence-electron chi connectivity index (χ1n) is 4.74. The highest BCUT2D eigenvalue weighted by atomic mass is 79.9. The Morgan fingerprint density at radius 1 is 0.812 bits per heavy atom.